The molecule has 0 aromatic carbocycles. The number of hydrogen-bond donors (Lipinski definition) is 4. The van der Waals surface area contributed by atoms with Crippen LogP contribution in [0.5, 0.6) is 0 Å². The van der Waals surface area contributed by atoms with Gasteiger partial charge in [-0.25, -0.2) is 0 Å². The van der Waals surface area contributed by atoms with Gasteiger partial charge in [0.15, 0.2) is 5.41 Å². The summed E-state index contributed by atoms with van der Waals surface area (Å²) < 4.78 is 30.6. The van der Waals surface area contributed by atoms with E-state index in [9.17, 15) is 19.8 Å². The van der Waals surface area contributed by atoms with Crippen molar-refractivity contribution >= 4 is 11.9 Å². The summed E-state index contributed by atoms with van der Waals surface area (Å²) in [6.45, 7) is 4.12. The van der Waals surface area contributed by atoms with Crippen LogP contribution >= 0.6 is 0 Å². The van der Waals surface area contributed by atoms with Crippen molar-refractivity contribution in [2.75, 3.05) is 93.4 Å². The predicted octanol–water partition coefficient (Wildman–Crippen LogP) is -0.815. The van der Waals surface area contributed by atoms with Crippen molar-refractivity contribution in [2.45, 2.75) is 12.8 Å². The summed E-state index contributed by atoms with van der Waals surface area (Å²) in [5, 5.41) is 18.8. The molecule has 0 aromatic rings. The third kappa shape index (κ3) is 17.9. The number of nitrogens with two attached hydrogens (primary N) is 2. The molecule has 0 unspecified atom stereocenters. The molecule has 0 spiro atoms. The zero-order valence-corrected chi connectivity index (χ0v) is 18.7. The topological polar surface area (TPSA) is 182 Å². The minimum atomic E-state index is -1.95. The number of aliphatic carboxylic acids is 2. The van der Waals surface area contributed by atoms with Crippen LogP contribution in [0.2, 0.25) is 0 Å². The van der Waals surface area contributed by atoms with Crippen molar-refractivity contribution in [1.82, 2.24) is 0 Å². The standard InChI is InChI=1S/C17H32O10.C2H8N2/c1-22-7-9-26-13-11-24-5-3-17(15(18)19,16(20)21)4-6-25-12-14-27-10-8-23-2;3-1-2-4/h3-14H2,1-2H3,(H,18,19)(H,20,21);1-4H2. The molecule has 0 atom stereocenters. The van der Waals surface area contributed by atoms with E-state index >= 15 is 0 Å². The summed E-state index contributed by atoms with van der Waals surface area (Å²) >= 11 is 0. The number of carboxylic acid groups (broad SMARTS) is 2. The van der Waals surface area contributed by atoms with E-state index < -0.39 is 17.4 Å². The fourth-order valence-electron chi connectivity index (χ4n) is 2.07. The second-order valence-corrected chi connectivity index (χ2v) is 6.20. The lowest BCUT2D eigenvalue weighted by molar-refractivity contribution is -0.168. The van der Waals surface area contributed by atoms with E-state index in [1.165, 1.54) is 0 Å². The van der Waals surface area contributed by atoms with Gasteiger partial charge < -0.3 is 50.1 Å². The first-order valence-electron chi connectivity index (χ1n) is 10.1. The Morgan fingerprint density at radius 2 is 0.903 bits per heavy atom. The molecule has 0 rings (SSSR count). The Hall–Kier alpha value is -1.38. The average Bonchev–Trinajstić information content (AvgIpc) is 2.75. The van der Waals surface area contributed by atoms with E-state index in [0.717, 1.165) is 0 Å². The monoisotopic (exact) mass is 456 g/mol. The van der Waals surface area contributed by atoms with Crippen LogP contribution in [0.1, 0.15) is 12.8 Å². The smallest absolute Gasteiger partial charge is 0.321 e. The molecule has 0 aliphatic carbocycles. The summed E-state index contributed by atoms with van der Waals surface area (Å²) in [6, 6.07) is 0. The fourth-order valence-corrected chi connectivity index (χ4v) is 2.07. The maximum absolute atomic E-state index is 11.6. The first-order valence-corrected chi connectivity index (χ1v) is 10.1. The minimum Gasteiger partial charge on any atom is -0.480 e. The first-order chi connectivity index (χ1) is 14.9. The number of methoxy groups -OCH3 is 2. The van der Waals surface area contributed by atoms with Crippen molar-refractivity contribution in [3.8, 4) is 0 Å². The molecule has 0 aromatic heterocycles. The highest BCUT2D eigenvalue weighted by Gasteiger charge is 2.45. The van der Waals surface area contributed by atoms with Crippen molar-refractivity contribution in [3.05, 3.63) is 0 Å². The second-order valence-electron chi connectivity index (χ2n) is 6.20. The molecule has 0 fully saturated rings. The van der Waals surface area contributed by atoms with Crippen molar-refractivity contribution in [2.24, 2.45) is 16.9 Å². The van der Waals surface area contributed by atoms with Gasteiger partial charge in [0.2, 0.25) is 0 Å². The molecule has 0 saturated heterocycles. The van der Waals surface area contributed by atoms with Gasteiger partial charge in [0.05, 0.1) is 52.9 Å². The zero-order valence-electron chi connectivity index (χ0n) is 18.7. The van der Waals surface area contributed by atoms with Crippen LogP contribution < -0.4 is 11.5 Å². The van der Waals surface area contributed by atoms with Gasteiger partial charge >= 0.3 is 11.9 Å². The van der Waals surface area contributed by atoms with E-state index in [0.29, 0.717) is 52.7 Å². The minimum absolute atomic E-state index is 0.00757. The molecular formula is C19H40N2O10. The average molecular weight is 457 g/mol. The highest BCUT2D eigenvalue weighted by molar-refractivity contribution is 5.98. The molecule has 12 heteroatoms. The van der Waals surface area contributed by atoms with E-state index in [-0.39, 0.29) is 39.3 Å². The van der Waals surface area contributed by atoms with Crippen LogP contribution in [0.4, 0.5) is 0 Å². The molecule has 0 heterocycles. The van der Waals surface area contributed by atoms with Gasteiger partial charge in [-0.2, -0.15) is 0 Å². The molecular weight excluding hydrogens is 416 g/mol. The Balaban J connectivity index is 0. The normalized spacial score (nSPS) is 11.1. The maximum Gasteiger partial charge on any atom is 0.321 e. The van der Waals surface area contributed by atoms with Gasteiger partial charge in [-0.15, -0.1) is 0 Å². The number of carbonyl (C=O) groups is 2. The summed E-state index contributed by atoms with van der Waals surface area (Å²) in [4.78, 5) is 23.1. The Morgan fingerprint density at radius 1 is 0.613 bits per heavy atom. The summed E-state index contributed by atoms with van der Waals surface area (Å²) in [6.07, 6.45) is -0.327. The largest absolute Gasteiger partial charge is 0.480 e. The van der Waals surface area contributed by atoms with Gasteiger partial charge in [0, 0.05) is 40.5 Å². The van der Waals surface area contributed by atoms with Crippen molar-refractivity contribution in [3.63, 3.8) is 0 Å². The Bertz CT molecular complexity index is 388. The molecule has 0 amide bonds. The molecule has 0 radical (unpaired) electrons. The van der Waals surface area contributed by atoms with Crippen molar-refractivity contribution < 1.29 is 48.2 Å². The third-order valence-corrected chi connectivity index (χ3v) is 3.94. The number of carboxylic acids is 2. The Morgan fingerprint density at radius 3 is 1.16 bits per heavy atom. The van der Waals surface area contributed by atoms with Crippen LogP contribution in [-0.2, 0) is 38.0 Å². The van der Waals surface area contributed by atoms with Crippen LogP contribution in [-0.4, -0.2) is 116 Å². The lowest BCUT2D eigenvalue weighted by atomic mass is 9.81. The Kier molecular flexibility index (Phi) is 23.9. The number of ether oxygens (including phenoxy) is 6. The second kappa shape index (κ2) is 23.3. The maximum atomic E-state index is 11.6. The fraction of sp³-hybridized carbons (Fsp3) is 0.895. The molecule has 6 N–H and O–H groups in total. The molecule has 12 nitrogen and oxygen atoms in total. The predicted molar refractivity (Wildman–Crippen MR) is 112 cm³/mol. The zero-order chi connectivity index (χ0) is 23.8. The van der Waals surface area contributed by atoms with Gasteiger partial charge in [-0.1, -0.05) is 0 Å². The molecule has 0 aliphatic heterocycles. The first kappa shape index (κ1) is 31.8. The van der Waals surface area contributed by atoms with E-state index in [1.54, 1.807) is 14.2 Å². The van der Waals surface area contributed by atoms with Crippen LogP contribution in [0, 0.1) is 5.41 Å². The lowest BCUT2D eigenvalue weighted by Crippen LogP contribution is -2.41. The van der Waals surface area contributed by atoms with Crippen LogP contribution in [0.15, 0.2) is 0 Å². The quantitative estimate of drug-likeness (QED) is 0.125. The van der Waals surface area contributed by atoms with Crippen LogP contribution in [0.3, 0.4) is 0 Å². The molecule has 0 saturated carbocycles. The van der Waals surface area contributed by atoms with Gasteiger partial charge in [-0.3, -0.25) is 9.59 Å². The van der Waals surface area contributed by atoms with Gasteiger partial charge in [0.1, 0.15) is 0 Å². The third-order valence-electron chi connectivity index (χ3n) is 3.94. The molecule has 31 heavy (non-hydrogen) atoms. The summed E-state index contributed by atoms with van der Waals surface area (Å²) in [7, 11) is 3.13. The summed E-state index contributed by atoms with van der Waals surface area (Å²) in [5.74, 6) is -2.82. The van der Waals surface area contributed by atoms with E-state index in [2.05, 4.69) is 0 Å². The highest BCUT2D eigenvalue weighted by Crippen LogP contribution is 2.28. The van der Waals surface area contributed by atoms with Crippen molar-refractivity contribution in [1.29, 1.82) is 0 Å². The molecule has 0 bridgehead atoms. The lowest BCUT2D eigenvalue weighted by Gasteiger charge is -2.24. The van der Waals surface area contributed by atoms with E-state index in [1.807, 2.05) is 0 Å². The van der Waals surface area contributed by atoms with Crippen LogP contribution in [0.25, 0.3) is 0 Å². The van der Waals surface area contributed by atoms with Gasteiger partial charge in [0.25, 0.3) is 0 Å². The molecule has 186 valence electrons. The highest BCUT2D eigenvalue weighted by atomic mass is 16.5. The molecule has 0 aliphatic rings. The van der Waals surface area contributed by atoms with Gasteiger partial charge in [-0.05, 0) is 12.8 Å². The van der Waals surface area contributed by atoms with E-state index in [4.69, 9.17) is 39.9 Å². The number of hydrogen-bond acceptors (Lipinski definition) is 10. The summed E-state index contributed by atoms with van der Waals surface area (Å²) in [5.41, 5.74) is 7.85. The number of rotatable bonds is 21. The SMILES string of the molecule is COCCOCCOCCC(CCOCCOCCOC)(C(=O)O)C(=O)O.NCCN. The Labute approximate surface area is 184 Å².